The molecule has 2 rings (SSSR count). The average Bonchev–Trinajstić information content (AvgIpc) is 2.40. The molecule has 0 unspecified atom stereocenters. The van der Waals surface area contributed by atoms with E-state index >= 15 is 0 Å². The molecule has 1 fully saturated rings. The van der Waals surface area contributed by atoms with E-state index < -0.39 is 15.6 Å². The van der Waals surface area contributed by atoms with Crippen LogP contribution in [-0.4, -0.2) is 32.5 Å². The standard InChI is InChI=1S/C12H15BrClNO3S/c13-9-12(5-7-18-8-6-12)15-19(16,17)11-3-1-10(14)2-4-11/h1-4,15H,5-9H2. The van der Waals surface area contributed by atoms with Crippen LogP contribution in [-0.2, 0) is 14.8 Å². The fourth-order valence-corrected chi connectivity index (χ4v) is 4.45. The van der Waals surface area contributed by atoms with E-state index in [1.165, 1.54) is 12.1 Å². The second kappa shape index (κ2) is 6.10. The lowest BCUT2D eigenvalue weighted by atomic mass is 9.94. The minimum atomic E-state index is -3.54. The maximum Gasteiger partial charge on any atom is 0.241 e. The Morgan fingerprint density at radius 2 is 1.84 bits per heavy atom. The molecule has 0 bridgehead atoms. The Bertz CT molecular complexity index is 526. The number of rotatable bonds is 4. The molecule has 4 nitrogen and oxygen atoms in total. The van der Waals surface area contributed by atoms with Crippen LogP contribution in [0.2, 0.25) is 5.02 Å². The maximum absolute atomic E-state index is 12.4. The van der Waals surface area contributed by atoms with Gasteiger partial charge in [-0.3, -0.25) is 0 Å². The monoisotopic (exact) mass is 367 g/mol. The van der Waals surface area contributed by atoms with Crippen LogP contribution in [0.15, 0.2) is 29.2 Å². The zero-order valence-corrected chi connectivity index (χ0v) is 13.4. The molecule has 1 heterocycles. The van der Waals surface area contributed by atoms with Crippen molar-refractivity contribution >= 4 is 37.6 Å². The molecule has 0 spiro atoms. The number of hydrogen-bond donors (Lipinski definition) is 1. The number of benzene rings is 1. The van der Waals surface area contributed by atoms with Crippen molar-refractivity contribution in [1.29, 1.82) is 0 Å². The largest absolute Gasteiger partial charge is 0.381 e. The van der Waals surface area contributed by atoms with Gasteiger partial charge >= 0.3 is 0 Å². The van der Waals surface area contributed by atoms with Gasteiger partial charge in [-0.2, -0.15) is 0 Å². The molecule has 0 aliphatic carbocycles. The molecule has 1 N–H and O–H groups in total. The van der Waals surface area contributed by atoms with E-state index in [1.54, 1.807) is 12.1 Å². The average molecular weight is 369 g/mol. The van der Waals surface area contributed by atoms with Crippen LogP contribution in [0.25, 0.3) is 0 Å². The Morgan fingerprint density at radius 3 is 2.37 bits per heavy atom. The molecule has 1 saturated heterocycles. The van der Waals surface area contributed by atoms with Crippen molar-refractivity contribution in [2.75, 3.05) is 18.5 Å². The normalized spacial score (nSPS) is 19.3. The summed E-state index contributed by atoms with van der Waals surface area (Å²) in [4.78, 5) is 0.226. The smallest absolute Gasteiger partial charge is 0.241 e. The number of ether oxygens (including phenoxy) is 1. The minimum Gasteiger partial charge on any atom is -0.381 e. The highest BCUT2D eigenvalue weighted by Gasteiger charge is 2.36. The molecule has 7 heteroatoms. The summed E-state index contributed by atoms with van der Waals surface area (Å²) in [5.74, 6) is 0. The number of nitrogens with one attached hydrogen (secondary N) is 1. The van der Waals surface area contributed by atoms with Crippen molar-refractivity contribution in [1.82, 2.24) is 4.72 Å². The van der Waals surface area contributed by atoms with E-state index in [4.69, 9.17) is 16.3 Å². The Morgan fingerprint density at radius 1 is 1.26 bits per heavy atom. The summed E-state index contributed by atoms with van der Waals surface area (Å²) in [6.07, 6.45) is 1.32. The van der Waals surface area contributed by atoms with Gasteiger partial charge in [-0.1, -0.05) is 27.5 Å². The van der Waals surface area contributed by atoms with Gasteiger partial charge in [0.1, 0.15) is 0 Å². The van der Waals surface area contributed by atoms with Crippen LogP contribution >= 0.6 is 27.5 Å². The second-order valence-electron chi connectivity index (χ2n) is 4.59. The molecule has 1 aromatic rings. The first-order valence-electron chi connectivity index (χ1n) is 5.91. The first kappa shape index (κ1) is 15.3. The molecule has 1 aliphatic heterocycles. The zero-order valence-electron chi connectivity index (χ0n) is 10.2. The fraction of sp³-hybridized carbons (Fsp3) is 0.500. The predicted octanol–water partition coefficient (Wildman–Crippen LogP) is 2.56. The van der Waals surface area contributed by atoms with Crippen LogP contribution in [0.5, 0.6) is 0 Å². The van der Waals surface area contributed by atoms with E-state index in [0.717, 1.165) is 0 Å². The predicted molar refractivity (Wildman–Crippen MR) is 78.4 cm³/mol. The molecular formula is C12H15BrClNO3S. The number of halogens is 2. The van der Waals surface area contributed by atoms with Crippen LogP contribution < -0.4 is 4.72 Å². The summed E-state index contributed by atoms with van der Waals surface area (Å²) in [5.41, 5.74) is -0.475. The van der Waals surface area contributed by atoms with Gasteiger partial charge in [-0.15, -0.1) is 0 Å². The molecule has 1 aromatic carbocycles. The van der Waals surface area contributed by atoms with E-state index in [1.807, 2.05) is 0 Å². The van der Waals surface area contributed by atoms with Gasteiger partial charge < -0.3 is 4.74 Å². The summed E-state index contributed by atoms with van der Waals surface area (Å²) in [5, 5.41) is 1.08. The lowest BCUT2D eigenvalue weighted by Crippen LogP contribution is -2.53. The summed E-state index contributed by atoms with van der Waals surface area (Å²) in [7, 11) is -3.54. The fourth-order valence-electron chi connectivity index (χ4n) is 1.98. The molecule has 0 saturated carbocycles. The third-order valence-electron chi connectivity index (χ3n) is 3.18. The molecule has 0 atom stereocenters. The minimum absolute atomic E-state index is 0.226. The Kier molecular flexibility index (Phi) is 4.89. The van der Waals surface area contributed by atoms with Crippen LogP contribution in [0.4, 0.5) is 0 Å². The van der Waals surface area contributed by atoms with Gasteiger partial charge in [0.2, 0.25) is 10.0 Å². The quantitative estimate of drug-likeness (QED) is 0.831. The lowest BCUT2D eigenvalue weighted by molar-refractivity contribution is 0.0557. The zero-order chi connectivity index (χ0) is 13.9. The van der Waals surface area contributed by atoms with Gasteiger partial charge in [0.05, 0.1) is 4.90 Å². The van der Waals surface area contributed by atoms with Crippen molar-refractivity contribution in [3.8, 4) is 0 Å². The van der Waals surface area contributed by atoms with Crippen LogP contribution in [0, 0.1) is 0 Å². The Labute approximate surface area is 126 Å². The summed E-state index contributed by atoms with van der Waals surface area (Å²) >= 11 is 9.17. The highest BCUT2D eigenvalue weighted by atomic mass is 79.9. The summed E-state index contributed by atoms with van der Waals surface area (Å²) in [6.45, 7) is 1.13. The van der Waals surface area contributed by atoms with Crippen molar-refractivity contribution in [3.05, 3.63) is 29.3 Å². The van der Waals surface area contributed by atoms with Gasteiger partial charge in [0, 0.05) is 29.1 Å². The van der Waals surface area contributed by atoms with Crippen LogP contribution in [0.3, 0.4) is 0 Å². The van der Waals surface area contributed by atoms with Crippen molar-refractivity contribution in [3.63, 3.8) is 0 Å². The number of alkyl halides is 1. The van der Waals surface area contributed by atoms with E-state index in [9.17, 15) is 8.42 Å². The third-order valence-corrected chi connectivity index (χ3v) is 6.10. The first-order chi connectivity index (χ1) is 8.97. The van der Waals surface area contributed by atoms with Gasteiger partial charge in [0.25, 0.3) is 0 Å². The topological polar surface area (TPSA) is 55.4 Å². The highest BCUT2D eigenvalue weighted by Crippen LogP contribution is 2.26. The number of hydrogen-bond acceptors (Lipinski definition) is 3. The molecule has 0 aromatic heterocycles. The van der Waals surface area contributed by atoms with E-state index in [0.29, 0.717) is 36.4 Å². The maximum atomic E-state index is 12.4. The van der Waals surface area contributed by atoms with Gasteiger partial charge in [-0.05, 0) is 37.1 Å². The first-order valence-corrected chi connectivity index (χ1v) is 8.89. The highest BCUT2D eigenvalue weighted by molar-refractivity contribution is 9.09. The molecule has 0 amide bonds. The molecule has 19 heavy (non-hydrogen) atoms. The Hall–Kier alpha value is -0.140. The summed E-state index contributed by atoms with van der Waals surface area (Å²) in [6, 6.07) is 6.15. The van der Waals surface area contributed by atoms with Crippen molar-refractivity contribution in [2.24, 2.45) is 0 Å². The number of sulfonamides is 1. The van der Waals surface area contributed by atoms with E-state index in [2.05, 4.69) is 20.7 Å². The van der Waals surface area contributed by atoms with Crippen LogP contribution in [0.1, 0.15) is 12.8 Å². The van der Waals surface area contributed by atoms with Gasteiger partial charge in [-0.25, -0.2) is 13.1 Å². The molecule has 106 valence electrons. The molecular weight excluding hydrogens is 354 g/mol. The van der Waals surface area contributed by atoms with Crippen molar-refractivity contribution < 1.29 is 13.2 Å². The lowest BCUT2D eigenvalue weighted by Gasteiger charge is -2.36. The second-order valence-corrected chi connectivity index (χ2v) is 7.27. The van der Waals surface area contributed by atoms with E-state index in [-0.39, 0.29) is 4.90 Å². The third kappa shape index (κ3) is 3.70. The molecule has 0 radical (unpaired) electrons. The molecule has 1 aliphatic rings. The Balaban J connectivity index is 2.22. The SMILES string of the molecule is O=S(=O)(NC1(CBr)CCOCC1)c1ccc(Cl)cc1. The summed E-state index contributed by atoms with van der Waals surface area (Å²) < 4.78 is 32.8. The van der Waals surface area contributed by atoms with Crippen molar-refractivity contribution in [2.45, 2.75) is 23.3 Å². The van der Waals surface area contributed by atoms with Gasteiger partial charge in [0.15, 0.2) is 0 Å².